The smallest absolute Gasteiger partial charge is 0.305 e. The lowest BCUT2D eigenvalue weighted by Crippen LogP contribution is -2.06. The van der Waals surface area contributed by atoms with Crippen LogP contribution < -0.4 is 9.47 Å². The third kappa shape index (κ3) is 5.21. The molecule has 2 aromatic carbocycles. The van der Waals surface area contributed by atoms with Crippen molar-refractivity contribution in [2.24, 2.45) is 0 Å². The van der Waals surface area contributed by atoms with Gasteiger partial charge in [-0.1, -0.05) is 23.7 Å². The van der Waals surface area contributed by atoms with Gasteiger partial charge in [0.2, 0.25) is 0 Å². The summed E-state index contributed by atoms with van der Waals surface area (Å²) in [5.41, 5.74) is 3.10. The molecule has 1 aliphatic rings. The van der Waals surface area contributed by atoms with E-state index in [2.05, 4.69) is 15.6 Å². The van der Waals surface area contributed by atoms with E-state index in [1.54, 1.807) is 37.3 Å². The number of thioether (sulfide) groups is 1. The number of hydrogen-bond donors (Lipinski definition) is 0. The first-order valence-corrected chi connectivity index (χ1v) is 13.9. The second-order valence-electron chi connectivity index (χ2n) is 8.45. The molecule has 0 N–H and O–H groups in total. The highest BCUT2D eigenvalue weighted by Gasteiger charge is 2.34. The van der Waals surface area contributed by atoms with Gasteiger partial charge in [-0.2, -0.15) is 0 Å². The van der Waals surface area contributed by atoms with Crippen molar-refractivity contribution in [3.8, 4) is 17.2 Å². The van der Waals surface area contributed by atoms with Crippen LogP contribution in [0.4, 0.5) is 0 Å². The van der Waals surface area contributed by atoms with Gasteiger partial charge in [-0.15, -0.1) is 23.1 Å². The highest BCUT2D eigenvalue weighted by Crippen LogP contribution is 2.53. The molecule has 10 heteroatoms. The van der Waals surface area contributed by atoms with E-state index in [-0.39, 0.29) is 16.5 Å². The normalized spacial score (nSPS) is 16.4. The van der Waals surface area contributed by atoms with Gasteiger partial charge in [-0.25, -0.2) is 9.97 Å². The SMILES string of the molecule is COC(=O)CCc1cnc(CC2SC(c3cccc(OC)c3OC)c3cc(Cl)ccc3-n3ccnc32)s1. The van der Waals surface area contributed by atoms with E-state index in [4.69, 9.17) is 30.8 Å². The molecule has 0 radical (unpaired) electrons. The maximum atomic E-state index is 11.6. The summed E-state index contributed by atoms with van der Waals surface area (Å²) in [6.07, 6.45) is 7.32. The maximum Gasteiger partial charge on any atom is 0.305 e. The van der Waals surface area contributed by atoms with Crippen molar-refractivity contribution in [3.05, 3.63) is 86.8 Å². The fraction of sp³-hybridized carbons (Fsp3) is 0.296. The van der Waals surface area contributed by atoms with E-state index in [0.717, 1.165) is 32.5 Å². The second-order valence-corrected chi connectivity index (χ2v) is 11.4. The topological polar surface area (TPSA) is 75.5 Å². The van der Waals surface area contributed by atoms with Crippen molar-refractivity contribution in [2.45, 2.75) is 29.8 Å². The van der Waals surface area contributed by atoms with Crippen LogP contribution in [0.15, 0.2) is 55.0 Å². The molecule has 0 saturated carbocycles. The van der Waals surface area contributed by atoms with Crippen molar-refractivity contribution in [1.82, 2.24) is 14.5 Å². The van der Waals surface area contributed by atoms with E-state index >= 15 is 0 Å². The Bertz CT molecular complexity index is 1420. The molecule has 1 aliphatic heterocycles. The molecule has 4 aromatic rings. The Hall–Kier alpha value is -3.01. The van der Waals surface area contributed by atoms with Crippen molar-refractivity contribution in [1.29, 1.82) is 0 Å². The predicted molar refractivity (Wildman–Crippen MR) is 146 cm³/mol. The summed E-state index contributed by atoms with van der Waals surface area (Å²) in [4.78, 5) is 22.1. The molecule has 0 spiro atoms. The Kier molecular flexibility index (Phi) is 7.73. The number of ether oxygens (including phenoxy) is 3. The summed E-state index contributed by atoms with van der Waals surface area (Å²) >= 11 is 9.93. The van der Waals surface area contributed by atoms with Crippen LogP contribution in [-0.4, -0.2) is 41.8 Å². The standard InChI is InChI=1S/C27H26ClN3O4S2/c1-33-21-6-4-5-18(25(21)35-3)26-19-13-16(28)7-9-20(19)31-12-11-29-27(31)22(37-26)14-23-30-15-17(36-23)8-10-24(32)34-2/h4-7,9,11-13,15,22,26H,8,10,14H2,1-3H3. The first kappa shape index (κ1) is 25.6. The lowest BCUT2D eigenvalue weighted by Gasteiger charge is -2.23. The van der Waals surface area contributed by atoms with Crippen LogP contribution in [0, 0.1) is 0 Å². The van der Waals surface area contributed by atoms with Gasteiger partial charge in [-0.3, -0.25) is 4.79 Å². The molecular formula is C27H26ClN3O4S2. The molecule has 192 valence electrons. The third-order valence-electron chi connectivity index (χ3n) is 6.27. The molecule has 7 nitrogen and oxygen atoms in total. The minimum atomic E-state index is -0.220. The summed E-state index contributed by atoms with van der Waals surface area (Å²) in [5.74, 6) is 2.11. The monoisotopic (exact) mass is 555 g/mol. The largest absolute Gasteiger partial charge is 0.493 e. The first-order chi connectivity index (χ1) is 18.0. The summed E-state index contributed by atoms with van der Waals surface area (Å²) in [6, 6.07) is 11.9. The van der Waals surface area contributed by atoms with Crippen molar-refractivity contribution in [3.63, 3.8) is 0 Å². The zero-order valence-electron chi connectivity index (χ0n) is 20.6. The van der Waals surface area contributed by atoms with Gasteiger partial charge in [0, 0.05) is 40.5 Å². The van der Waals surface area contributed by atoms with Crippen LogP contribution in [0.1, 0.15) is 43.8 Å². The number of carbonyl (C=O) groups excluding carboxylic acids is 1. The molecule has 37 heavy (non-hydrogen) atoms. The number of imidazole rings is 1. The van der Waals surface area contributed by atoms with E-state index in [1.165, 1.54) is 7.11 Å². The molecule has 3 heterocycles. The number of benzene rings is 2. The number of aromatic nitrogens is 3. The molecule has 0 saturated heterocycles. The maximum absolute atomic E-state index is 11.6. The van der Waals surface area contributed by atoms with Crippen molar-refractivity contribution in [2.75, 3.05) is 21.3 Å². The second kappa shape index (κ2) is 11.2. The molecule has 0 aliphatic carbocycles. The number of rotatable bonds is 8. The summed E-state index contributed by atoms with van der Waals surface area (Å²) in [5, 5.41) is 1.57. The first-order valence-electron chi connectivity index (χ1n) is 11.7. The van der Waals surface area contributed by atoms with Crippen molar-refractivity contribution >= 4 is 40.7 Å². The minimum absolute atomic E-state index is 0.00156. The number of halogens is 1. The highest BCUT2D eigenvalue weighted by molar-refractivity contribution is 8.00. The molecule has 2 atom stereocenters. The number of carbonyl (C=O) groups is 1. The summed E-state index contributed by atoms with van der Waals surface area (Å²) < 4.78 is 18.4. The van der Waals surface area contributed by atoms with Gasteiger partial charge < -0.3 is 18.8 Å². The Morgan fingerprint density at radius 1 is 1.11 bits per heavy atom. The number of fused-ring (bicyclic) bond motifs is 3. The van der Waals surface area contributed by atoms with E-state index in [0.29, 0.717) is 35.8 Å². The van der Waals surface area contributed by atoms with Gasteiger partial charge in [0.25, 0.3) is 0 Å². The lowest BCUT2D eigenvalue weighted by atomic mass is 10.0. The number of para-hydroxylation sites is 1. The van der Waals surface area contributed by atoms with E-state index in [9.17, 15) is 4.79 Å². The Morgan fingerprint density at radius 3 is 2.76 bits per heavy atom. The van der Waals surface area contributed by atoms with Gasteiger partial charge in [0.05, 0.1) is 48.9 Å². The van der Waals surface area contributed by atoms with Gasteiger partial charge >= 0.3 is 5.97 Å². The van der Waals surface area contributed by atoms with Crippen LogP contribution >= 0.6 is 34.7 Å². The molecule has 5 rings (SSSR count). The van der Waals surface area contributed by atoms with Crippen LogP contribution in [0.25, 0.3) is 5.69 Å². The number of hydrogen-bond acceptors (Lipinski definition) is 8. The third-order valence-corrected chi connectivity index (χ3v) is 9.07. The number of aryl methyl sites for hydroxylation is 1. The summed E-state index contributed by atoms with van der Waals surface area (Å²) in [6.45, 7) is 0. The number of methoxy groups -OCH3 is 3. The Labute approximate surface area is 228 Å². The van der Waals surface area contributed by atoms with Gasteiger partial charge in [0.15, 0.2) is 11.5 Å². The van der Waals surface area contributed by atoms with Crippen molar-refractivity contribution < 1.29 is 19.0 Å². The van der Waals surface area contributed by atoms with Gasteiger partial charge in [-0.05, 0) is 36.2 Å². The zero-order valence-corrected chi connectivity index (χ0v) is 23.0. The number of nitrogens with zero attached hydrogens (tertiary/aromatic N) is 3. The molecule has 0 bridgehead atoms. The molecule has 2 aromatic heterocycles. The fourth-order valence-electron chi connectivity index (χ4n) is 4.55. The Morgan fingerprint density at radius 2 is 1.97 bits per heavy atom. The van der Waals surface area contributed by atoms with Gasteiger partial charge in [0.1, 0.15) is 5.82 Å². The predicted octanol–water partition coefficient (Wildman–Crippen LogP) is 6.23. The van der Waals surface area contributed by atoms with Crippen LogP contribution in [0.3, 0.4) is 0 Å². The fourth-order valence-corrected chi connectivity index (χ4v) is 7.35. The molecular weight excluding hydrogens is 530 g/mol. The number of thiazole rings is 1. The summed E-state index contributed by atoms with van der Waals surface area (Å²) in [7, 11) is 4.71. The Balaban J connectivity index is 1.55. The van der Waals surface area contributed by atoms with E-state index in [1.807, 2.05) is 48.9 Å². The van der Waals surface area contributed by atoms with Crippen LogP contribution in [0.2, 0.25) is 5.02 Å². The molecule has 0 amide bonds. The highest BCUT2D eigenvalue weighted by atomic mass is 35.5. The minimum Gasteiger partial charge on any atom is -0.493 e. The number of esters is 1. The average Bonchev–Trinajstić information content (AvgIpc) is 3.56. The quantitative estimate of drug-likeness (QED) is 0.239. The van der Waals surface area contributed by atoms with E-state index < -0.39 is 0 Å². The van der Waals surface area contributed by atoms with Crippen LogP contribution in [-0.2, 0) is 22.4 Å². The molecule has 0 fully saturated rings. The van der Waals surface area contributed by atoms with Crippen LogP contribution in [0.5, 0.6) is 11.5 Å². The lowest BCUT2D eigenvalue weighted by molar-refractivity contribution is -0.140. The zero-order chi connectivity index (χ0) is 25.9. The average molecular weight is 556 g/mol. The molecule has 2 unspecified atom stereocenters.